The zero-order valence-electron chi connectivity index (χ0n) is 11.3. The number of tetrazole rings is 1. The fourth-order valence-electron chi connectivity index (χ4n) is 1.84. The lowest BCUT2D eigenvalue weighted by Crippen LogP contribution is -2.12. The first-order valence-electron chi connectivity index (χ1n) is 6.09. The lowest BCUT2D eigenvalue weighted by atomic mass is 10.1. The number of rotatable bonds is 3. The van der Waals surface area contributed by atoms with Gasteiger partial charge in [0.05, 0.1) is 5.69 Å². The van der Waals surface area contributed by atoms with Crippen LogP contribution in [0.5, 0.6) is 0 Å². The molecule has 2 aromatic heterocycles. The van der Waals surface area contributed by atoms with E-state index in [1.807, 2.05) is 13.8 Å². The van der Waals surface area contributed by atoms with Crippen molar-refractivity contribution < 1.29 is 4.79 Å². The van der Waals surface area contributed by atoms with Gasteiger partial charge in [-0.1, -0.05) is 11.3 Å². The van der Waals surface area contributed by atoms with E-state index in [1.54, 1.807) is 22.9 Å². The number of carbonyl (C=O) groups is 1. The number of amides is 1. The fraction of sp³-hybridized carbons (Fsp3) is 0.167. The summed E-state index contributed by atoms with van der Waals surface area (Å²) in [7, 11) is 0. The van der Waals surface area contributed by atoms with Gasteiger partial charge in [-0.3, -0.25) is 10.1 Å². The van der Waals surface area contributed by atoms with Gasteiger partial charge >= 0.3 is 0 Å². The van der Waals surface area contributed by atoms with E-state index >= 15 is 0 Å². The molecule has 0 saturated heterocycles. The number of nitrogens with one attached hydrogen (secondary N) is 1. The van der Waals surface area contributed by atoms with Crippen LogP contribution in [0, 0.1) is 13.8 Å². The van der Waals surface area contributed by atoms with Gasteiger partial charge in [-0.15, -0.1) is 15.3 Å². The van der Waals surface area contributed by atoms with Crippen molar-refractivity contribution in [2.45, 2.75) is 13.8 Å². The first kappa shape index (κ1) is 13.3. The summed E-state index contributed by atoms with van der Waals surface area (Å²) in [6.45, 7) is 3.72. The van der Waals surface area contributed by atoms with Crippen molar-refractivity contribution in [3.8, 4) is 5.69 Å². The summed E-state index contributed by atoms with van der Waals surface area (Å²) in [5, 5.41) is 22.8. The summed E-state index contributed by atoms with van der Waals surface area (Å²) in [4.78, 5) is 12.2. The Kier molecular flexibility index (Phi) is 3.40. The van der Waals surface area contributed by atoms with Crippen molar-refractivity contribution in [1.82, 2.24) is 30.4 Å². The molecule has 0 spiro atoms. The third-order valence-electron chi connectivity index (χ3n) is 2.80. The Morgan fingerprint density at radius 3 is 2.76 bits per heavy atom. The second kappa shape index (κ2) is 5.37. The van der Waals surface area contributed by atoms with Gasteiger partial charge in [-0.05, 0) is 48.0 Å². The highest BCUT2D eigenvalue weighted by molar-refractivity contribution is 7.15. The van der Waals surface area contributed by atoms with Gasteiger partial charge in [0.25, 0.3) is 5.91 Å². The van der Waals surface area contributed by atoms with Crippen molar-refractivity contribution in [1.29, 1.82) is 0 Å². The fourth-order valence-corrected chi connectivity index (χ4v) is 2.43. The number of nitrogens with zero attached hydrogens (tertiary/aromatic N) is 6. The molecule has 9 heteroatoms. The SMILES string of the molecule is Cc1nnc(NC(=O)c2ccc(-n3cnnn3)c(C)c2)s1. The third-order valence-corrected chi connectivity index (χ3v) is 3.56. The molecule has 0 unspecified atom stereocenters. The minimum absolute atomic E-state index is 0.225. The van der Waals surface area contributed by atoms with Crippen LogP contribution >= 0.6 is 11.3 Å². The Bertz CT molecular complexity index is 781. The quantitative estimate of drug-likeness (QED) is 0.784. The summed E-state index contributed by atoms with van der Waals surface area (Å²) < 4.78 is 1.55. The van der Waals surface area contributed by atoms with Crippen LogP contribution in [0.3, 0.4) is 0 Å². The average Bonchev–Trinajstić information content (AvgIpc) is 3.10. The number of carbonyl (C=O) groups excluding carboxylic acids is 1. The third kappa shape index (κ3) is 2.77. The Balaban J connectivity index is 1.83. The predicted molar refractivity (Wildman–Crippen MR) is 76.5 cm³/mol. The number of aromatic nitrogens is 6. The smallest absolute Gasteiger partial charge is 0.257 e. The van der Waals surface area contributed by atoms with E-state index in [1.165, 1.54) is 17.7 Å². The number of hydrogen-bond acceptors (Lipinski definition) is 7. The lowest BCUT2D eigenvalue weighted by molar-refractivity contribution is 0.102. The zero-order valence-corrected chi connectivity index (χ0v) is 12.1. The maximum absolute atomic E-state index is 12.2. The zero-order chi connectivity index (χ0) is 14.8. The van der Waals surface area contributed by atoms with E-state index in [9.17, 15) is 4.79 Å². The molecule has 0 saturated carbocycles. The molecular weight excluding hydrogens is 290 g/mol. The van der Waals surface area contributed by atoms with E-state index < -0.39 is 0 Å². The molecule has 0 bridgehead atoms. The number of benzene rings is 1. The average molecular weight is 301 g/mol. The largest absolute Gasteiger partial charge is 0.296 e. The predicted octanol–water partition coefficient (Wildman–Crippen LogP) is 1.38. The summed E-state index contributed by atoms with van der Waals surface area (Å²) in [5.74, 6) is -0.225. The van der Waals surface area contributed by atoms with Crippen LogP contribution in [-0.4, -0.2) is 36.3 Å². The second-order valence-electron chi connectivity index (χ2n) is 4.34. The lowest BCUT2D eigenvalue weighted by Gasteiger charge is -2.07. The second-order valence-corrected chi connectivity index (χ2v) is 5.52. The highest BCUT2D eigenvalue weighted by Gasteiger charge is 2.11. The normalized spacial score (nSPS) is 10.6. The first-order valence-corrected chi connectivity index (χ1v) is 6.90. The highest BCUT2D eigenvalue weighted by Crippen LogP contribution is 2.18. The van der Waals surface area contributed by atoms with Gasteiger partial charge in [0.2, 0.25) is 5.13 Å². The van der Waals surface area contributed by atoms with Crippen LogP contribution < -0.4 is 5.32 Å². The van der Waals surface area contributed by atoms with Crippen LogP contribution in [0.4, 0.5) is 5.13 Å². The molecule has 0 aliphatic rings. The Morgan fingerprint density at radius 1 is 1.29 bits per heavy atom. The van der Waals surface area contributed by atoms with Crippen LogP contribution in [0.2, 0.25) is 0 Å². The van der Waals surface area contributed by atoms with Crippen LogP contribution in [0.15, 0.2) is 24.5 Å². The molecule has 21 heavy (non-hydrogen) atoms. The van der Waals surface area contributed by atoms with Crippen molar-refractivity contribution >= 4 is 22.4 Å². The Hall–Kier alpha value is -2.68. The molecule has 0 atom stereocenters. The van der Waals surface area contributed by atoms with E-state index in [0.29, 0.717) is 10.7 Å². The molecule has 2 heterocycles. The molecular formula is C12H11N7OS. The minimum atomic E-state index is -0.225. The molecule has 3 aromatic rings. The number of hydrogen-bond donors (Lipinski definition) is 1. The Morgan fingerprint density at radius 2 is 2.14 bits per heavy atom. The van der Waals surface area contributed by atoms with Gasteiger partial charge in [-0.2, -0.15) is 0 Å². The molecule has 0 radical (unpaired) electrons. The molecule has 106 valence electrons. The maximum atomic E-state index is 12.2. The monoisotopic (exact) mass is 301 g/mol. The van der Waals surface area contributed by atoms with E-state index in [2.05, 4.69) is 31.0 Å². The molecule has 1 amide bonds. The molecule has 8 nitrogen and oxygen atoms in total. The topological polar surface area (TPSA) is 98.5 Å². The van der Waals surface area contributed by atoms with Gasteiger partial charge in [-0.25, -0.2) is 4.68 Å². The summed E-state index contributed by atoms with van der Waals surface area (Å²) in [5.41, 5.74) is 2.25. The molecule has 0 fully saturated rings. The van der Waals surface area contributed by atoms with Crippen LogP contribution in [0.1, 0.15) is 20.9 Å². The van der Waals surface area contributed by atoms with E-state index in [4.69, 9.17) is 0 Å². The van der Waals surface area contributed by atoms with Crippen molar-refractivity contribution in [2.75, 3.05) is 5.32 Å². The van der Waals surface area contributed by atoms with Crippen molar-refractivity contribution in [3.63, 3.8) is 0 Å². The Labute approximate surface area is 123 Å². The first-order chi connectivity index (χ1) is 10.1. The minimum Gasteiger partial charge on any atom is -0.296 e. The summed E-state index contributed by atoms with van der Waals surface area (Å²) >= 11 is 1.33. The molecule has 1 N–H and O–H groups in total. The number of aryl methyl sites for hydroxylation is 2. The van der Waals surface area contributed by atoms with Crippen LogP contribution in [0.25, 0.3) is 5.69 Å². The summed E-state index contributed by atoms with van der Waals surface area (Å²) in [6, 6.07) is 5.29. The van der Waals surface area contributed by atoms with Crippen molar-refractivity contribution in [3.05, 3.63) is 40.7 Å². The van der Waals surface area contributed by atoms with Crippen LogP contribution in [-0.2, 0) is 0 Å². The van der Waals surface area contributed by atoms with Gasteiger partial charge in [0, 0.05) is 5.56 Å². The highest BCUT2D eigenvalue weighted by atomic mass is 32.1. The van der Waals surface area contributed by atoms with Gasteiger partial charge < -0.3 is 0 Å². The maximum Gasteiger partial charge on any atom is 0.257 e. The summed E-state index contributed by atoms with van der Waals surface area (Å²) in [6.07, 6.45) is 1.51. The number of anilines is 1. The molecule has 0 aliphatic carbocycles. The van der Waals surface area contributed by atoms with E-state index in [0.717, 1.165) is 16.3 Å². The molecule has 1 aromatic carbocycles. The van der Waals surface area contributed by atoms with E-state index in [-0.39, 0.29) is 5.91 Å². The van der Waals surface area contributed by atoms with Gasteiger partial charge in [0.15, 0.2) is 0 Å². The van der Waals surface area contributed by atoms with Crippen molar-refractivity contribution in [2.24, 2.45) is 0 Å². The van der Waals surface area contributed by atoms with Gasteiger partial charge in [0.1, 0.15) is 11.3 Å². The standard InChI is InChI=1S/C12H11N7OS/c1-7-5-9(3-4-10(7)19-6-13-17-18-19)11(20)14-12-16-15-8(2)21-12/h3-6H,1-2H3,(H,14,16,20). The molecule has 0 aliphatic heterocycles. The molecule has 3 rings (SSSR count).